The summed E-state index contributed by atoms with van der Waals surface area (Å²) >= 11 is 13.0. The topological polar surface area (TPSA) is 28.7 Å². The largest absolute Gasteiger partial charge is 0.322 e. The Morgan fingerprint density at radius 3 is 2.31 bits per heavy atom. The van der Waals surface area contributed by atoms with Gasteiger partial charge in [0.2, 0.25) is 0 Å². The van der Waals surface area contributed by atoms with Crippen LogP contribution in [0.15, 0.2) is 34.3 Å². The van der Waals surface area contributed by atoms with Crippen LogP contribution in [0, 0.1) is 6.92 Å². The maximum absolute atomic E-state index is 5.76. The molecule has 0 aliphatic carbocycles. The molecular formula is C10H9Cl3N2S. The van der Waals surface area contributed by atoms with Crippen LogP contribution < -0.4 is 0 Å². The fourth-order valence-electron chi connectivity index (χ4n) is 1.08. The van der Waals surface area contributed by atoms with E-state index in [9.17, 15) is 0 Å². The van der Waals surface area contributed by atoms with E-state index in [2.05, 4.69) is 29.0 Å². The lowest BCUT2D eigenvalue weighted by Crippen LogP contribution is -1.76. The molecule has 2 nitrogen and oxygen atoms in total. The van der Waals surface area contributed by atoms with Crippen LogP contribution in [0.3, 0.4) is 0 Å². The van der Waals surface area contributed by atoms with Crippen molar-refractivity contribution < 1.29 is 0 Å². The predicted octanol–water partition coefficient (Wildman–Crippen LogP) is 4.60. The van der Waals surface area contributed by atoms with E-state index in [-0.39, 0.29) is 12.4 Å². The van der Waals surface area contributed by atoms with Crippen LogP contribution in [-0.2, 0) is 0 Å². The quantitative estimate of drug-likeness (QED) is 0.877. The van der Waals surface area contributed by atoms with Crippen molar-refractivity contribution in [3.63, 3.8) is 0 Å². The first-order valence-corrected chi connectivity index (χ1v) is 5.88. The highest BCUT2D eigenvalue weighted by molar-refractivity contribution is 7.99. The highest BCUT2D eigenvalue weighted by Crippen LogP contribution is 2.29. The Balaban J connectivity index is 0.00000128. The van der Waals surface area contributed by atoms with Gasteiger partial charge in [0.1, 0.15) is 5.15 Å². The zero-order valence-electron chi connectivity index (χ0n) is 8.33. The Kier molecular flexibility index (Phi) is 4.99. The van der Waals surface area contributed by atoms with Gasteiger partial charge in [-0.15, -0.1) is 12.4 Å². The Morgan fingerprint density at radius 2 is 1.81 bits per heavy atom. The fourth-order valence-corrected chi connectivity index (χ4v) is 2.23. The number of hydrogen-bond donors (Lipinski definition) is 1. The Hall–Kier alpha value is -0.350. The molecule has 2 rings (SSSR count). The zero-order chi connectivity index (χ0) is 10.8. The van der Waals surface area contributed by atoms with E-state index in [1.807, 2.05) is 12.1 Å². The van der Waals surface area contributed by atoms with Crippen LogP contribution in [0.1, 0.15) is 5.56 Å². The van der Waals surface area contributed by atoms with Crippen molar-refractivity contribution >= 4 is 47.4 Å². The summed E-state index contributed by atoms with van der Waals surface area (Å²) in [5, 5.41) is 1.39. The minimum Gasteiger partial charge on any atom is -0.322 e. The second-order valence-electron chi connectivity index (χ2n) is 3.06. The van der Waals surface area contributed by atoms with Crippen molar-refractivity contribution in [2.24, 2.45) is 0 Å². The molecule has 86 valence electrons. The average molecular weight is 296 g/mol. The second-order valence-corrected chi connectivity index (χ2v) is 4.86. The van der Waals surface area contributed by atoms with Gasteiger partial charge in [-0.25, -0.2) is 4.98 Å². The van der Waals surface area contributed by atoms with Crippen LogP contribution >= 0.6 is 47.4 Å². The van der Waals surface area contributed by atoms with E-state index in [0.717, 1.165) is 4.90 Å². The van der Waals surface area contributed by atoms with E-state index < -0.39 is 0 Å². The number of nitrogens with zero attached hydrogens (tertiary/aromatic N) is 1. The molecule has 0 radical (unpaired) electrons. The molecule has 0 saturated heterocycles. The van der Waals surface area contributed by atoms with Gasteiger partial charge in [0.15, 0.2) is 10.3 Å². The van der Waals surface area contributed by atoms with Crippen LogP contribution in [0.5, 0.6) is 0 Å². The summed E-state index contributed by atoms with van der Waals surface area (Å²) in [5.74, 6) is 0. The molecule has 1 aromatic carbocycles. The average Bonchev–Trinajstić information content (AvgIpc) is 2.50. The van der Waals surface area contributed by atoms with E-state index in [1.54, 1.807) is 0 Å². The molecule has 0 aliphatic heterocycles. The highest BCUT2D eigenvalue weighted by Gasteiger charge is 2.06. The number of rotatable bonds is 2. The van der Waals surface area contributed by atoms with E-state index in [4.69, 9.17) is 23.2 Å². The highest BCUT2D eigenvalue weighted by atomic mass is 35.5. The molecular weight excluding hydrogens is 287 g/mol. The van der Waals surface area contributed by atoms with Gasteiger partial charge in [0.05, 0.1) is 0 Å². The van der Waals surface area contributed by atoms with Gasteiger partial charge in [-0.2, -0.15) is 0 Å². The van der Waals surface area contributed by atoms with Crippen LogP contribution in [0.4, 0.5) is 0 Å². The predicted molar refractivity (Wildman–Crippen MR) is 71.2 cm³/mol. The number of aromatic nitrogens is 2. The summed E-state index contributed by atoms with van der Waals surface area (Å²) in [6, 6.07) is 8.16. The minimum atomic E-state index is 0. The Bertz CT molecular complexity index is 448. The zero-order valence-corrected chi connectivity index (χ0v) is 11.5. The molecule has 0 atom stereocenters. The van der Waals surface area contributed by atoms with E-state index in [0.29, 0.717) is 15.5 Å². The Labute approximate surface area is 114 Å². The molecule has 0 unspecified atom stereocenters. The van der Waals surface area contributed by atoms with Crippen LogP contribution in [0.25, 0.3) is 0 Å². The van der Waals surface area contributed by atoms with Crippen LogP contribution in [0.2, 0.25) is 10.3 Å². The van der Waals surface area contributed by atoms with E-state index in [1.165, 1.54) is 17.3 Å². The first-order valence-electron chi connectivity index (χ1n) is 4.30. The van der Waals surface area contributed by atoms with Gasteiger partial charge in [-0.1, -0.05) is 52.7 Å². The molecule has 1 aromatic heterocycles. The second kappa shape index (κ2) is 5.82. The lowest BCUT2D eigenvalue weighted by molar-refractivity contribution is 1.06. The van der Waals surface area contributed by atoms with Gasteiger partial charge < -0.3 is 4.98 Å². The third-order valence-corrected chi connectivity index (χ3v) is 3.37. The molecule has 0 bridgehead atoms. The normalized spacial score (nSPS) is 9.94. The van der Waals surface area contributed by atoms with Crippen molar-refractivity contribution in [2.75, 3.05) is 0 Å². The van der Waals surface area contributed by atoms with Gasteiger partial charge in [-0.3, -0.25) is 0 Å². The number of benzene rings is 1. The molecule has 1 N–H and O–H groups in total. The van der Waals surface area contributed by atoms with Gasteiger partial charge in [-0.05, 0) is 19.1 Å². The van der Waals surface area contributed by atoms with Gasteiger partial charge >= 0.3 is 0 Å². The van der Waals surface area contributed by atoms with Crippen molar-refractivity contribution in [1.29, 1.82) is 0 Å². The van der Waals surface area contributed by atoms with E-state index >= 15 is 0 Å². The lowest BCUT2D eigenvalue weighted by Gasteiger charge is -1.97. The first-order chi connectivity index (χ1) is 7.15. The third-order valence-electron chi connectivity index (χ3n) is 1.83. The maximum Gasteiger partial charge on any atom is 0.172 e. The third kappa shape index (κ3) is 3.32. The smallest absolute Gasteiger partial charge is 0.172 e. The van der Waals surface area contributed by atoms with Crippen molar-refractivity contribution in [3.8, 4) is 0 Å². The number of aromatic amines is 1. The number of imidazole rings is 1. The standard InChI is InChI=1S/C10H8Cl2N2S.ClH/c1-6-2-4-7(5-3-6)15-10-13-8(11)9(12)14-10;/h2-5H,1H3,(H,13,14);1H. The van der Waals surface area contributed by atoms with Gasteiger partial charge in [0, 0.05) is 4.90 Å². The summed E-state index contributed by atoms with van der Waals surface area (Å²) in [6.45, 7) is 2.05. The molecule has 0 aliphatic rings. The lowest BCUT2D eigenvalue weighted by atomic mass is 10.2. The number of H-pyrrole nitrogens is 1. The molecule has 2 aromatic rings. The molecule has 0 fully saturated rings. The monoisotopic (exact) mass is 294 g/mol. The number of halogens is 3. The summed E-state index contributed by atoms with van der Waals surface area (Å²) in [5.41, 5.74) is 1.23. The first kappa shape index (κ1) is 13.7. The summed E-state index contributed by atoms with van der Waals surface area (Å²) in [6.07, 6.45) is 0. The van der Waals surface area contributed by atoms with Crippen molar-refractivity contribution in [3.05, 3.63) is 40.1 Å². The molecule has 6 heteroatoms. The van der Waals surface area contributed by atoms with Crippen LogP contribution in [-0.4, -0.2) is 9.97 Å². The molecule has 0 spiro atoms. The SMILES string of the molecule is Cc1ccc(Sc2nc(Cl)c(Cl)[nH]2)cc1.Cl. The minimum absolute atomic E-state index is 0. The number of hydrogen-bond acceptors (Lipinski definition) is 2. The maximum atomic E-state index is 5.76. The summed E-state index contributed by atoms with van der Waals surface area (Å²) < 4.78 is 0. The Morgan fingerprint density at radius 1 is 1.19 bits per heavy atom. The summed E-state index contributed by atoms with van der Waals surface area (Å²) in [4.78, 5) is 8.06. The molecule has 16 heavy (non-hydrogen) atoms. The molecule has 0 saturated carbocycles. The van der Waals surface area contributed by atoms with Gasteiger partial charge in [0.25, 0.3) is 0 Å². The fraction of sp³-hybridized carbons (Fsp3) is 0.100. The molecule has 0 amide bonds. The number of nitrogens with one attached hydrogen (secondary N) is 1. The van der Waals surface area contributed by atoms with Crippen molar-refractivity contribution in [2.45, 2.75) is 17.0 Å². The summed E-state index contributed by atoms with van der Waals surface area (Å²) in [7, 11) is 0. The number of aryl methyl sites for hydroxylation is 1. The molecule has 1 heterocycles. The van der Waals surface area contributed by atoms with Crippen molar-refractivity contribution in [1.82, 2.24) is 9.97 Å².